The van der Waals surface area contributed by atoms with Crippen molar-refractivity contribution in [1.29, 1.82) is 0 Å². The van der Waals surface area contributed by atoms with Crippen LogP contribution in [0.1, 0.15) is 0 Å². The van der Waals surface area contributed by atoms with E-state index in [1.54, 1.807) is 18.2 Å². The van der Waals surface area contributed by atoms with E-state index in [0.29, 0.717) is 0 Å². The van der Waals surface area contributed by atoms with E-state index in [2.05, 4.69) is 0 Å². The minimum absolute atomic E-state index is 0.0413. The molecule has 13 heteroatoms. The molecule has 0 aliphatic heterocycles. The fourth-order valence-electron chi connectivity index (χ4n) is 2.29. The predicted molar refractivity (Wildman–Crippen MR) is 129 cm³/mol. The molecule has 3 aromatic rings. The Hall–Kier alpha value is -1.38. The van der Waals surface area contributed by atoms with E-state index in [1.165, 1.54) is 72.8 Å². The van der Waals surface area contributed by atoms with Crippen LogP contribution >= 0.6 is 31.9 Å². The number of hydrogen-bond acceptors (Lipinski definition) is 9. The van der Waals surface area contributed by atoms with E-state index in [0.717, 1.165) is 0 Å². The summed E-state index contributed by atoms with van der Waals surface area (Å²) >= 11 is 0. The van der Waals surface area contributed by atoms with Crippen LogP contribution in [0.4, 0.5) is 0 Å². The van der Waals surface area contributed by atoms with E-state index in [4.69, 9.17) is 0 Å². The van der Waals surface area contributed by atoms with Crippen LogP contribution in [0, 0.1) is 0 Å². The van der Waals surface area contributed by atoms with Crippen LogP contribution in [0.5, 0.6) is 0 Å². The molecule has 162 valence electrons. The third-order valence-corrected chi connectivity index (χ3v) is 17.2. The molecule has 0 aromatic heterocycles. The number of rotatable bonds is 9. The molecule has 6 nitrogen and oxygen atoms in total. The van der Waals surface area contributed by atoms with Gasteiger partial charge in [0.05, 0.1) is 14.7 Å². The van der Waals surface area contributed by atoms with Gasteiger partial charge in [0, 0.05) is 0 Å². The van der Waals surface area contributed by atoms with Crippen LogP contribution in [0.15, 0.2) is 106 Å². The summed E-state index contributed by atoms with van der Waals surface area (Å²) < 4.78 is 75.6. The smallest absolute Gasteiger partial charge is 0.213 e. The van der Waals surface area contributed by atoms with E-state index < -0.39 is 31.2 Å². The van der Waals surface area contributed by atoms with Crippen molar-refractivity contribution < 1.29 is 25.3 Å². The average molecular weight is 531 g/mol. The van der Waals surface area contributed by atoms with Gasteiger partial charge < -0.3 is 0 Å². The monoisotopic (exact) mass is 530 g/mol. The Morgan fingerprint density at radius 2 is 0.645 bits per heavy atom. The van der Waals surface area contributed by atoms with Crippen LogP contribution in [0.3, 0.4) is 0 Å². The SMILES string of the molecule is O=S(=O)(SB(SS(=O)(=O)c1ccccc1)SS(=O)(=O)c1ccccc1)c1ccccc1. The van der Waals surface area contributed by atoms with Crippen LogP contribution in [-0.4, -0.2) is 29.8 Å². The highest BCUT2D eigenvalue weighted by atomic mass is 33.2. The summed E-state index contributed by atoms with van der Waals surface area (Å²) in [4.78, 5) is -0.124. The third kappa shape index (κ3) is 6.56. The lowest BCUT2D eigenvalue weighted by atomic mass is 10.4. The molecule has 0 heterocycles. The Labute approximate surface area is 193 Å². The quantitative estimate of drug-likeness (QED) is 0.295. The van der Waals surface area contributed by atoms with Gasteiger partial charge >= 0.3 is 4.55 Å². The third-order valence-electron chi connectivity index (χ3n) is 3.71. The molecule has 0 amide bonds. The zero-order valence-corrected chi connectivity index (χ0v) is 20.5. The molecule has 0 saturated carbocycles. The summed E-state index contributed by atoms with van der Waals surface area (Å²) in [6, 6.07) is 22.3. The Balaban J connectivity index is 1.96. The molecule has 3 aromatic carbocycles. The van der Waals surface area contributed by atoms with E-state index in [-0.39, 0.29) is 46.6 Å². The molecular weight excluding hydrogens is 515 g/mol. The van der Waals surface area contributed by atoms with Crippen LogP contribution in [0.25, 0.3) is 0 Å². The van der Waals surface area contributed by atoms with Gasteiger partial charge in [-0.25, -0.2) is 25.3 Å². The Morgan fingerprint density at radius 1 is 0.419 bits per heavy atom. The van der Waals surface area contributed by atoms with Crippen molar-refractivity contribution in [3.8, 4) is 0 Å². The molecule has 0 spiro atoms. The average Bonchev–Trinajstić information content (AvgIpc) is 2.75. The maximum atomic E-state index is 12.8. The zero-order valence-electron chi connectivity index (χ0n) is 15.6. The first-order chi connectivity index (χ1) is 14.6. The van der Waals surface area contributed by atoms with Crippen molar-refractivity contribution in [2.24, 2.45) is 0 Å². The standard InChI is InChI=1S/C18H15BO6S6/c20-29(21,16-10-4-1-5-11-16)26-19(27-30(22,23)17-12-6-2-7-13-17)28-31(24,25)18-14-8-3-9-15-18/h1-15H. The van der Waals surface area contributed by atoms with Gasteiger partial charge in [0.25, 0.3) is 0 Å². The summed E-state index contributed by atoms with van der Waals surface area (Å²) in [6.07, 6.45) is 0. The second-order valence-electron chi connectivity index (χ2n) is 5.88. The van der Waals surface area contributed by atoms with Gasteiger partial charge in [0.1, 0.15) is 0 Å². The molecule has 0 radical (unpaired) electrons. The molecule has 0 aliphatic rings. The van der Waals surface area contributed by atoms with Crippen molar-refractivity contribution in [2.45, 2.75) is 14.7 Å². The fourth-order valence-corrected chi connectivity index (χ4v) is 18.0. The van der Waals surface area contributed by atoms with Gasteiger partial charge in [0.15, 0.2) is 0 Å². The zero-order chi connectivity index (χ0) is 22.5. The van der Waals surface area contributed by atoms with Crippen LogP contribution < -0.4 is 0 Å². The van der Waals surface area contributed by atoms with E-state index >= 15 is 0 Å². The van der Waals surface area contributed by atoms with Crippen molar-refractivity contribution >= 4 is 63.1 Å². The predicted octanol–water partition coefficient (Wildman–Crippen LogP) is 4.34. The van der Waals surface area contributed by atoms with Gasteiger partial charge in [0.2, 0.25) is 26.6 Å². The second kappa shape index (κ2) is 10.0. The van der Waals surface area contributed by atoms with Gasteiger partial charge in [-0.2, -0.15) is 0 Å². The van der Waals surface area contributed by atoms with Gasteiger partial charge in [-0.15, -0.1) is 0 Å². The topological polar surface area (TPSA) is 102 Å². The molecule has 0 saturated heterocycles. The highest BCUT2D eigenvalue weighted by molar-refractivity contribution is 9.15. The van der Waals surface area contributed by atoms with Gasteiger partial charge in [-0.1, -0.05) is 54.6 Å². The molecule has 0 bridgehead atoms. The van der Waals surface area contributed by atoms with E-state index in [1.807, 2.05) is 0 Å². The maximum Gasteiger partial charge on any atom is 0.393 e. The largest absolute Gasteiger partial charge is 0.393 e. The summed E-state index contributed by atoms with van der Waals surface area (Å²) in [7, 11) is -11.2. The van der Waals surface area contributed by atoms with Gasteiger partial charge in [-0.05, 0) is 68.3 Å². The van der Waals surface area contributed by atoms with Crippen LogP contribution in [-0.2, 0) is 26.6 Å². The molecular formula is C18H15BO6S6. The maximum absolute atomic E-state index is 12.8. The summed E-state index contributed by atoms with van der Waals surface area (Å²) in [5.74, 6) is 0. The lowest BCUT2D eigenvalue weighted by Gasteiger charge is -2.13. The first-order valence-corrected chi connectivity index (χ1v) is 17.2. The molecule has 0 N–H and O–H groups in total. The summed E-state index contributed by atoms with van der Waals surface area (Å²) in [5, 5.41) is 0. The van der Waals surface area contributed by atoms with Crippen LogP contribution in [0.2, 0.25) is 0 Å². The number of hydrogen-bond donors (Lipinski definition) is 0. The highest BCUT2D eigenvalue weighted by Gasteiger charge is 2.37. The van der Waals surface area contributed by atoms with Crippen molar-refractivity contribution in [2.75, 3.05) is 0 Å². The molecule has 0 aliphatic carbocycles. The van der Waals surface area contributed by atoms with Crippen molar-refractivity contribution in [3.05, 3.63) is 91.0 Å². The molecule has 0 fully saturated rings. The number of benzene rings is 3. The Bertz CT molecular complexity index is 1160. The van der Waals surface area contributed by atoms with E-state index in [9.17, 15) is 25.3 Å². The normalized spacial score (nSPS) is 12.4. The summed E-state index contributed by atoms with van der Waals surface area (Å²) in [5.41, 5.74) is 0. The highest BCUT2D eigenvalue weighted by Crippen LogP contribution is 2.44. The lowest BCUT2D eigenvalue weighted by Crippen LogP contribution is -2.13. The second-order valence-corrected chi connectivity index (χ2v) is 18.6. The molecule has 0 unspecified atom stereocenters. The summed E-state index contributed by atoms with van der Waals surface area (Å²) in [6.45, 7) is 0. The lowest BCUT2D eigenvalue weighted by molar-refractivity contribution is 0.609. The minimum Gasteiger partial charge on any atom is -0.213 e. The first-order valence-electron chi connectivity index (χ1n) is 8.55. The van der Waals surface area contributed by atoms with Crippen molar-refractivity contribution in [1.82, 2.24) is 0 Å². The molecule has 0 atom stereocenters. The first kappa shape index (κ1) is 24.3. The Kier molecular flexibility index (Phi) is 7.87. The Morgan fingerprint density at radius 3 is 0.871 bits per heavy atom. The fraction of sp³-hybridized carbons (Fsp3) is 0. The minimum atomic E-state index is -4.02. The van der Waals surface area contributed by atoms with Crippen molar-refractivity contribution in [3.63, 3.8) is 0 Å². The molecule has 3 rings (SSSR count). The van der Waals surface area contributed by atoms with Gasteiger partial charge in [-0.3, -0.25) is 0 Å². The molecule has 31 heavy (non-hydrogen) atoms.